The number of anilines is 2. The van der Waals surface area contributed by atoms with Gasteiger partial charge in [-0.3, -0.25) is 4.90 Å². The van der Waals surface area contributed by atoms with Gasteiger partial charge in [-0.1, -0.05) is 0 Å². The fraction of sp³-hybridized carbons (Fsp3) is 0.538. The van der Waals surface area contributed by atoms with Crippen molar-refractivity contribution in [2.75, 3.05) is 63.2 Å². The fourth-order valence-electron chi connectivity index (χ4n) is 6.33. The first-order valence-corrected chi connectivity index (χ1v) is 13.6. The van der Waals surface area contributed by atoms with Crippen LogP contribution < -0.4 is 15.4 Å². The zero-order valence-electron chi connectivity index (χ0n) is 20.5. The van der Waals surface area contributed by atoms with Gasteiger partial charge in [0.2, 0.25) is 0 Å². The van der Waals surface area contributed by atoms with Crippen molar-refractivity contribution in [2.45, 2.75) is 31.1 Å². The summed E-state index contributed by atoms with van der Waals surface area (Å²) in [5, 5.41) is 20.8. The molecule has 2 aliphatic carbocycles. The normalized spacial score (nSPS) is 21.4. The third-order valence-electron chi connectivity index (χ3n) is 8.51. The zero-order valence-corrected chi connectivity index (χ0v) is 21.4. The summed E-state index contributed by atoms with van der Waals surface area (Å²) in [4.78, 5) is 18.5. The number of nitrogen functional groups attached to an aromatic ring is 1. The molecule has 0 unspecified atom stereocenters. The Labute approximate surface area is 218 Å². The molecule has 3 fully saturated rings. The number of nitrogens with two attached hydrogens (primary N) is 1. The molecule has 2 aliphatic heterocycles. The highest BCUT2D eigenvalue weighted by Crippen LogP contribution is 2.53. The predicted molar refractivity (Wildman–Crippen MR) is 139 cm³/mol. The Morgan fingerprint density at radius 3 is 2.70 bits per heavy atom. The van der Waals surface area contributed by atoms with Gasteiger partial charge in [0.15, 0.2) is 0 Å². The molecule has 3 N–H and O–H groups in total. The molecular weight excluding hydrogens is 488 g/mol. The lowest BCUT2D eigenvalue weighted by Gasteiger charge is -2.49. The van der Waals surface area contributed by atoms with E-state index in [2.05, 4.69) is 31.9 Å². The van der Waals surface area contributed by atoms with Gasteiger partial charge in [0.25, 0.3) is 0 Å². The number of aromatic nitrogens is 3. The van der Waals surface area contributed by atoms with Crippen molar-refractivity contribution in [1.82, 2.24) is 19.9 Å². The number of aromatic amines is 1. The molecule has 2 saturated heterocycles. The van der Waals surface area contributed by atoms with E-state index in [1.54, 1.807) is 17.5 Å². The van der Waals surface area contributed by atoms with Crippen LogP contribution in [0, 0.1) is 28.1 Å². The average Bonchev–Trinajstić information content (AvgIpc) is 3.20. The first kappa shape index (κ1) is 22.8. The molecule has 5 heterocycles. The van der Waals surface area contributed by atoms with Gasteiger partial charge in [-0.2, -0.15) is 20.5 Å². The summed E-state index contributed by atoms with van der Waals surface area (Å²) in [7, 11) is 0. The fourth-order valence-corrected chi connectivity index (χ4v) is 7.47. The van der Waals surface area contributed by atoms with Crippen LogP contribution in [0.2, 0.25) is 0 Å². The van der Waals surface area contributed by atoms with E-state index in [-0.39, 0.29) is 10.8 Å². The lowest BCUT2D eigenvalue weighted by atomic mass is 9.74. The van der Waals surface area contributed by atoms with Gasteiger partial charge in [-0.15, -0.1) is 11.3 Å². The molecule has 0 bridgehead atoms. The average molecular weight is 517 g/mol. The highest BCUT2D eigenvalue weighted by molar-refractivity contribution is 7.16. The smallest absolute Gasteiger partial charge is 0.320 e. The number of hydrogen-bond acceptors (Lipinski definition) is 10. The molecule has 7 rings (SSSR count). The van der Waals surface area contributed by atoms with E-state index in [0.717, 1.165) is 88.4 Å². The molecule has 0 atom stereocenters. The van der Waals surface area contributed by atoms with E-state index in [0.29, 0.717) is 34.4 Å². The second-order valence-corrected chi connectivity index (χ2v) is 12.1. The van der Waals surface area contributed by atoms with Crippen LogP contribution in [0.5, 0.6) is 6.01 Å². The monoisotopic (exact) mass is 516 g/mol. The number of nitrogens with zero attached hydrogens (tertiary/aromatic N) is 6. The molecular formula is C26H28N8O2S. The number of thiophene rings is 1. The van der Waals surface area contributed by atoms with Crippen LogP contribution in [0.3, 0.4) is 0 Å². The molecule has 3 aromatic rings. The van der Waals surface area contributed by atoms with Crippen LogP contribution in [-0.2, 0) is 16.6 Å². The van der Waals surface area contributed by atoms with Crippen LogP contribution >= 0.6 is 11.3 Å². The number of ether oxygens (including phenoxy) is 2. The Kier molecular flexibility index (Phi) is 5.12. The predicted octanol–water partition coefficient (Wildman–Crippen LogP) is 2.54. The summed E-state index contributed by atoms with van der Waals surface area (Å²) in [6, 6.07) is 4.95. The number of aryl methyl sites for hydroxylation is 1. The van der Waals surface area contributed by atoms with Crippen molar-refractivity contribution in [3.63, 3.8) is 0 Å². The van der Waals surface area contributed by atoms with Gasteiger partial charge in [0.05, 0.1) is 36.3 Å². The van der Waals surface area contributed by atoms with Gasteiger partial charge in [-0.25, -0.2) is 0 Å². The first-order valence-electron chi connectivity index (χ1n) is 12.8. The van der Waals surface area contributed by atoms with Crippen molar-refractivity contribution in [2.24, 2.45) is 5.41 Å². The second kappa shape index (κ2) is 8.32. The number of H-pyrrole nitrogens is 1. The lowest BCUT2D eigenvalue weighted by molar-refractivity contribution is 0.0231. The van der Waals surface area contributed by atoms with E-state index in [4.69, 9.17) is 20.2 Å². The van der Waals surface area contributed by atoms with Gasteiger partial charge in [0, 0.05) is 54.6 Å². The molecule has 10 nitrogen and oxygen atoms in total. The SMILES string of the molecule is N#Cc1c(N)sc2c1C1(CC2)CN(c2nc(OCC3(CN4CCOCC4)CC3)nc3[nH]cc(C#N)c23)C1. The third kappa shape index (κ3) is 3.64. The maximum absolute atomic E-state index is 9.73. The van der Waals surface area contributed by atoms with Crippen molar-refractivity contribution in [3.05, 3.63) is 27.8 Å². The van der Waals surface area contributed by atoms with Crippen LogP contribution in [0.15, 0.2) is 6.20 Å². The summed E-state index contributed by atoms with van der Waals surface area (Å²) in [5.74, 6) is 0.719. The topological polar surface area (TPSA) is 140 Å². The number of rotatable bonds is 6. The summed E-state index contributed by atoms with van der Waals surface area (Å²) in [6.07, 6.45) is 5.92. The zero-order chi connectivity index (χ0) is 25.2. The summed E-state index contributed by atoms with van der Waals surface area (Å²) >= 11 is 1.55. The maximum Gasteiger partial charge on any atom is 0.320 e. The molecule has 1 saturated carbocycles. The van der Waals surface area contributed by atoms with Crippen LogP contribution in [0.4, 0.5) is 10.8 Å². The molecule has 0 radical (unpaired) electrons. The molecule has 0 aromatic carbocycles. The van der Waals surface area contributed by atoms with E-state index in [1.165, 1.54) is 4.88 Å². The molecule has 1 spiro atoms. The maximum atomic E-state index is 9.73. The van der Waals surface area contributed by atoms with Crippen molar-refractivity contribution >= 4 is 33.2 Å². The van der Waals surface area contributed by atoms with E-state index in [9.17, 15) is 10.5 Å². The van der Waals surface area contributed by atoms with E-state index in [1.807, 2.05) is 0 Å². The first-order chi connectivity index (χ1) is 18.0. The summed E-state index contributed by atoms with van der Waals surface area (Å²) in [6.45, 7) is 6.57. The number of morpholine rings is 1. The minimum absolute atomic E-state index is 0.0911. The van der Waals surface area contributed by atoms with E-state index < -0.39 is 0 Å². The van der Waals surface area contributed by atoms with Crippen LogP contribution in [0.25, 0.3) is 11.0 Å². The van der Waals surface area contributed by atoms with Crippen molar-refractivity contribution in [3.8, 4) is 18.1 Å². The van der Waals surface area contributed by atoms with Gasteiger partial charge >= 0.3 is 6.01 Å². The minimum Gasteiger partial charge on any atom is -0.463 e. The van der Waals surface area contributed by atoms with Crippen LogP contribution in [0.1, 0.15) is 40.8 Å². The second-order valence-electron chi connectivity index (χ2n) is 10.9. The van der Waals surface area contributed by atoms with Crippen LogP contribution in [-0.4, -0.2) is 72.4 Å². The van der Waals surface area contributed by atoms with Gasteiger partial charge < -0.3 is 25.1 Å². The van der Waals surface area contributed by atoms with Gasteiger partial charge in [-0.05, 0) is 31.2 Å². The highest BCUT2D eigenvalue weighted by atomic mass is 32.1. The van der Waals surface area contributed by atoms with Crippen molar-refractivity contribution < 1.29 is 9.47 Å². The van der Waals surface area contributed by atoms with E-state index >= 15 is 0 Å². The molecule has 11 heteroatoms. The van der Waals surface area contributed by atoms with Crippen molar-refractivity contribution in [1.29, 1.82) is 10.5 Å². The largest absolute Gasteiger partial charge is 0.463 e. The van der Waals surface area contributed by atoms with Gasteiger partial charge in [0.1, 0.15) is 28.6 Å². The number of fused-ring (bicyclic) bond motifs is 3. The molecule has 0 amide bonds. The summed E-state index contributed by atoms with van der Waals surface area (Å²) in [5.41, 5.74) is 9.12. The Bertz CT molecular complexity index is 1460. The molecule has 4 aliphatic rings. The Hall–Kier alpha value is -3.38. The third-order valence-corrected chi connectivity index (χ3v) is 9.59. The molecule has 190 valence electrons. The quantitative estimate of drug-likeness (QED) is 0.506. The number of hydrogen-bond donors (Lipinski definition) is 2. The Morgan fingerprint density at radius 1 is 1.16 bits per heavy atom. The Balaban J connectivity index is 1.15. The minimum atomic E-state index is -0.0911. The molecule has 3 aromatic heterocycles. The lowest BCUT2D eigenvalue weighted by Crippen LogP contribution is -2.59. The Morgan fingerprint density at radius 2 is 1.97 bits per heavy atom. The number of nitriles is 2. The standard InChI is InChI=1S/C26H28N8O2S/c27-9-16-11-30-22-19(16)23(34-13-26(14-34)2-1-18-20(26)17(10-28)21(29)37-18)32-24(31-22)36-15-25(3-4-25)12-33-5-7-35-8-6-33/h11H,1-8,12-15,29H2,(H,30,31,32). The highest BCUT2D eigenvalue weighted by Gasteiger charge is 2.52. The molecule has 37 heavy (non-hydrogen) atoms. The summed E-state index contributed by atoms with van der Waals surface area (Å²) < 4.78 is 11.7. The number of nitrogens with one attached hydrogen (secondary N) is 1.